The number of carbonyl (C=O) groups excluding carboxylic acids is 1. The van der Waals surface area contributed by atoms with E-state index in [9.17, 15) is 9.59 Å². The van der Waals surface area contributed by atoms with E-state index >= 15 is 0 Å². The Hall–Kier alpha value is -1.10. The lowest BCUT2D eigenvalue weighted by Crippen LogP contribution is -2.37. The summed E-state index contributed by atoms with van der Waals surface area (Å²) in [7, 11) is 0. The molecule has 1 N–H and O–H groups in total. The molecule has 19 heavy (non-hydrogen) atoms. The third-order valence-corrected chi connectivity index (χ3v) is 3.92. The fourth-order valence-electron chi connectivity index (χ4n) is 2.59. The van der Waals surface area contributed by atoms with Crippen LogP contribution in [0.2, 0.25) is 0 Å². The fraction of sp³-hybridized carbons (Fsp3) is 0.857. The van der Waals surface area contributed by atoms with Crippen LogP contribution >= 0.6 is 0 Å². The summed E-state index contributed by atoms with van der Waals surface area (Å²) in [5.41, 5.74) is 0. The minimum atomic E-state index is -0.670. The molecular formula is C14H26N2O3. The number of hydrogen-bond donors (Lipinski definition) is 1. The Labute approximate surface area is 115 Å². The van der Waals surface area contributed by atoms with E-state index in [1.54, 1.807) is 0 Å². The molecule has 0 radical (unpaired) electrons. The molecule has 1 aliphatic heterocycles. The monoisotopic (exact) mass is 270 g/mol. The van der Waals surface area contributed by atoms with Crippen molar-refractivity contribution in [3.8, 4) is 0 Å². The van der Waals surface area contributed by atoms with E-state index in [1.807, 2.05) is 18.7 Å². The van der Waals surface area contributed by atoms with Crippen LogP contribution in [0.3, 0.4) is 0 Å². The molecule has 1 heterocycles. The van der Waals surface area contributed by atoms with Gasteiger partial charge in [0, 0.05) is 19.5 Å². The highest BCUT2D eigenvalue weighted by Gasteiger charge is 2.24. The molecule has 0 bridgehead atoms. The van der Waals surface area contributed by atoms with Gasteiger partial charge in [-0.05, 0) is 52.7 Å². The lowest BCUT2D eigenvalue weighted by Gasteiger charge is -2.30. The zero-order chi connectivity index (χ0) is 14.3. The normalized spacial score (nSPS) is 17.4. The molecule has 1 amide bonds. The van der Waals surface area contributed by atoms with Crippen molar-refractivity contribution < 1.29 is 14.7 Å². The number of carbonyl (C=O) groups is 2. The van der Waals surface area contributed by atoms with Crippen LogP contribution in [0.5, 0.6) is 0 Å². The number of carboxylic acid groups (broad SMARTS) is 1. The van der Waals surface area contributed by atoms with Gasteiger partial charge in [-0.15, -0.1) is 0 Å². The first-order chi connectivity index (χ1) is 9.08. The van der Waals surface area contributed by atoms with Gasteiger partial charge < -0.3 is 14.9 Å². The Morgan fingerprint density at radius 2 is 1.79 bits per heavy atom. The number of amides is 1. The lowest BCUT2D eigenvalue weighted by atomic mass is 9.97. The van der Waals surface area contributed by atoms with Crippen LogP contribution < -0.4 is 0 Å². The number of likely N-dealkylation sites (tertiary alicyclic amines) is 1. The molecule has 5 nitrogen and oxygen atoms in total. The summed E-state index contributed by atoms with van der Waals surface area (Å²) in [6.07, 6.45) is 2.94. The standard InChI is InChI=1S/C14H26N2O3/c1-3-16(4-2)13(17)6-5-9-15-10-7-12(8-11-15)14(18)19/h12H,3-11H2,1-2H3,(H,18,19). The van der Waals surface area contributed by atoms with E-state index < -0.39 is 5.97 Å². The zero-order valence-corrected chi connectivity index (χ0v) is 12.1. The molecule has 0 saturated carbocycles. The van der Waals surface area contributed by atoms with Gasteiger partial charge in [0.2, 0.25) is 5.91 Å². The Kier molecular flexibility index (Phi) is 6.84. The molecule has 0 spiro atoms. The number of aliphatic carboxylic acids is 1. The second-order valence-electron chi connectivity index (χ2n) is 5.12. The van der Waals surface area contributed by atoms with Gasteiger partial charge in [-0.25, -0.2) is 0 Å². The second-order valence-corrected chi connectivity index (χ2v) is 5.12. The van der Waals surface area contributed by atoms with Gasteiger partial charge in [0.15, 0.2) is 0 Å². The largest absolute Gasteiger partial charge is 0.481 e. The summed E-state index contributed by atoms with van der Waals surface area (Å²) < 4.78 is 0. The van der Waals surface area contributed by atoms with E-state index in [1.165, 1.54) is 0 Å². The van der Waals surface area contributed by atoms with Crippen molar-refractivity contribution in [3.63, 3.8) is 0 Å². The summed E-state index contributed by atoms with van der Waals surface area (Å²) >= 11 is 0. The van der Waals surface area contributed by atoms with Crippen molar-refractivity contribution in [1.29, 1.82) is 0 Å². The van der Waals surface area contributed by atoms with E-state index in [0.29, 0.717) is 6.42 Å². The molecule has 0 aliphatic carbocycles. The molecule has 1 rings (SSSR count). The van der Waals surface area contributed by atoms with Crippen LogP contribution in [0.15, 0.2) is 0 Å². The van der Waals surface area contributed by atoms with Gasteiger partial charge in [-0.2, -0.15) is 0 Å². The number of piperidine rings is 1. The quantitative estimate of drug-likeness (QED) is 0.760. The fourth-order valence-corrected chi connectivity index (χ4v) is 2.59. The Balaban J connectivity index is 2.17. The van der Waals surface area contributed by atoms with E-state index in [-0.39, 0.29) is 11.8 Å². The average molecular weight is 270 g/mol. The molecular weight excluding hydrogens is 244 g/mol. The van der Waals surface area contributed by atoms with Gasteiger partial charge in [-0.1, -0.05) is 0 Å². The zero-order valence-electron chi connectivity index (χ0n) is 12.1. The SMILES string of the molecule is CCN(CC)C(=O)CCCN1CCC(C(=O)O)CC1. The number of hydrogen-bond acceptors (Lipinski definition) is 3. The highest BCUT2D eigenvalue weighted by molar-refractivity contribution is 5.76. The van der Waals surface area contributed by atoms with Crippen LogP contribution in [-0.4, -0.2) is 59.5 Å². The molecule has 0 aromatic rings. The molecule has 0 aromatic carbocycles. The summed E-state index contributed by atoms with van der Waals surface area (Å²) in [4.78, 5) is 26.8. The Morgan fingerprint density at radius 1 is 1.21 bits per heavy atom. The van der Waals surface area contributed by atoms with Crippen molar-refractivity contribution in [3.05, 3.63) is 0 Å². The maximum absolute atomic E-state index is 11.8. The second kappa shape index (κ2) is 8.15. The lowest BCUT2D eigenvalue weighted by molar-refractivity contribution is -0.143. The highest BCUT2D eigenvalue weighted by atomic mass is 16.4. The van der Waals surface area contributed by atoms with Crippen molar-refractivity contribution >= 4 is 11.9 Å². The van der Waals surface area contributed by atoms with Crippen LogP contribution in [-0.2, 0) is 9.59 Å². The Bertz CT molecular complexity index is 295. The number of nitrogens with zero attached hydrogens (tertiary/aromatic N) is 2. The molecule has 1 fully saturated rings. The first kappa shape index (κ1) is 16.0. The third-order valence-electron chi connectivity index (χ3n) is 3.92. The first-order valence-corrected chi connectivity index (χ1v) is 7.31. The highest BCUT2D eigenvalue weighted by Crippen LogP contribution is 2.17. The number of rotatable bonds is 7. The van der Waals surface area contributed by atoms with Gasteiger partial charge in [0.25, 0.3) is 0 Å². The van der Waals surface area contributed by atoms with Crippen LogP contribution in [0.1, 0.15) is 39.5 Å². The summed E-state index contributed by atoms with van der Waals surface area (Å²) in [5.74, 6) is -0.615. The molecule has 110 valence electrons. The molecule has 1 saturated heterocycles. The van der Waals surface area contributed by atoms with Crippen LogP contribution in [0, 0.1) is 5.92 Å². The van der Waals surface area contributed by atoms with Crippen LogP contribution in [0.4, 0.5) is 0 Å². The average Bonchev–Trinajstić information content (AvgIpc) is 2.40. The van der Waals surface area contributed by atoms with E-state index in [0.717, 1.165) is 52.0 Å². The molecule has 1 aliphatic rings. The van der Waals surface area contributed by atoms with Crippen molar-refractivity contribution in [2.24, 2.45) is 5.92 Å². The summed E-state index contributed by atoms with van der Waals surface area (Å²) in [6, 6.07) is 0. The van der Waals surface area contributed by atoms with Crippen molar-refractivity contribution in [2.75, 3.05) is 32.7 Å². The topological polar surface area (TPSA) is 60.9 Å². The smallest absolute Gasteiger partial charge is 0.306 e. The Morgan fingerprint density at radius 3 is 2.26 bits per heavy atom. The predicted molar refractivity (Wildman–Crippen MR) is 74.0 cm³/mol. The van der Waals surface area contributed by atoms with Gasteiger partial charge >= 0.3 is 5.97 Å². The summed E-state index contributed by atoms with van der Waals surface area (Å²) in [5, 5.41) is 8.92. The first-order valence-electron chi connectivity index (χ1n) is 7.31. The third kappa shape index (κ3) is 5.19. The van der Waals surface area contributed by atoms with Crippen molar-refractivity contribution in [2.45, 2.75) is 39.5 Å². The van der Waals surface area contributed by atoms with Crippen LogP contribution in [0.25, 0.3) is 0 Å². The molecule has 0 unspecified atom stereocenters. The van der Waals surface area contributed by atoms with Gasteiger partial charge in [0.1, 0.15) is 0 Å². The summed E-state index contributed by atoms with van der Waals surface area (Å²) in [6.45, 7) is 8.14. The molecule has 5 heteroatoms. The molecule has 0 atom stereocenters. The van der Waals surface area contributed by atoms with Crippen molar-refractivity contribution in [1.82, 2.24) is 9.80 Å². The van der Waals surface area contributed by atoms with E-state index in [4.69, 9.17) is 5.11 Å². The predicted octanol–water partition coefficient (Wildman–Crippen LogP) is 1.43. The van der Waals surface area contributed by atoms with E-state index in [2.05, 4.69) is 4.90 Å². The minimum absolute atomic E-state index is 0.173. The number of carboxylic acids is 1. The molecule has 0 aromatic heterocycles. The van der Waals surface area contributed by atoms with Gasteiger partial charge in [-0.3, -0.25) is 9.59 Å². The maximum Gasteiger partial charge on any atom is 0.306 e. The maximum atomic E-state index is 11.8. The van der Waals surface area contributed by atoms with Gasteiger partial charge in [0.05, 0.1) is 5.92 Å². The minimum Gasteiger partial charge on any atom is -0.481 e.